The van der Waals surface area contributed by atoms with Crippen molar-refractivity contribution in [1.82, 2.24) is 19.8 Å². The van der Waals surface area contributed by atoms with Crippen molar-refractivity contribution in [2.24, 2.45) is 0 Å². The number of hydrogen-bond acceptors (Lipinski definition) is 5. The normalized spacial score (nSPS) is 22.5. The van der Waals surface area contributed by atoms with Crippen molar-refractivity contribution in [2.45, 2.75) is 57.5 Å². The van der Waals surface area contributed by atoms with Gasteiger partial charge in [-0.2, -0.15) is 0 Å². The monoisotopic (exact) mass is 358 g/mol. The Hall–Kier alpha value is -2.12. The fourth-order valence-corrected chi connectivity index (χ4v) is 3.95. The first kappa shape index (κ1) is 17.3. The minimum atomic E-state index is -0.486. The van der Waals surface area contributed by atoms with Gasteiger partial charge in [-0.15, -0.1) is 0 Å². The Morgan fingerprint density at radius 2 is 2.23 bits per heavy atom. The van der Waals surface area contributed by atoms with Gasteiger partial charge >= 0.3 is 0 Å². The number of carbonyl (C=O) groups excluding carboxylic acids is 1. The van der Waals surface area contributed by atoms with Crippen LogP contribution in [0.3, 0.4) is 0 Å². The number of likely N-dealkylation sites (tertiary alicyclic amines) is 1. The summed E-state index contributed by atoms with van der Waals surface area (Å²) in [5.74, 6) is 1.88. The number of ether oxygens (including phenoxy) is 1. The fraction of sp³-hybridized carbons (Fsp3) is 0.579. The average Bonchev–Trinajstić information content (AvgIpc) is 3.28. The first-order chi connectivity index (χ1) is 12.6. The lowest BCUT2D eigenvalue weighted by Crippen LogP contribution is -2.54. The van der Waals surface area contributed by atoms with Gasteiger partial charge in [-0.25, -0.2) is 4.98 Å². The van der Waals surface area contributed by atoms with E-state index in [1.54, 1.807) is 12.5 Å². The van der Waals surface area contributed by atoms with Crippen LogP contribution in [-0.2, 0) is 28.2 Å². The summed E-state index contributed by atoms with van der Waals surface area (Å²) in [5.41, 5.74) is -0.486. The Morgan fingerprint density at radius 3 is 2.92 bits per heavy atom. The quantitative estimate of drug-likeness (QED) is 0.904. The molecule has 2 aromatic heterocycles. The van der Waals surface area contributed by atoms with Gasteiger partial charge in [0.05, 0.1) is 19.4 Å². The Kier molecular flexibility index (Phi) is 4.58. The highest BCUT2D eigenvalue weighted by molar-refractivity contribution is 5.81. The van der Waals surface area contributed by atoms with Crippen LogP contribution in [-0.4, -0.2) is 45.6 Å². The van der Waals surface area contributed by atoms with Gasteiger partial charge in [-0.3, -0.25) is 9.69 Å². The number of nitrogens with zero attached hydrogens (tertiary/aromatic N) is 3. The van der Waals surface area contributed by atoms with Crippen LogP contribution in [0.1, 0.15) is 38.3 Å². The van der Waals surface area contributed by atoms with E-state index >= 15 is 0 Å². The third-order valence-electron chi connectivity index (χ3n) is 5.20. The maximum atomic E-state index is 12.5. The molecule has 0 aromatic carbocycles. The number of furan rings is 1. The van der Waals surface area contributed by atoms with Gasteiger partial charge < -0.3 is 19.0 Å². The second kappa shape index (κ2) is 6.89. The van der Waals surface area contributed by atoms with E-state index in [-0.39, 0.29) is 11.9 Å². The highest BCUT2D eigenvalue weighted by atomic mass is 16.5. The number of rotatable bonds is 4. The molecule has 4 heterocycles. The predicted molar refractivity (Wildman–Crippen MR) is 95.3 cm³/mol. The lowest BCUT2D eigenvalue weighted by molar-refractivity contribution is -0.174. The molecular formula is C19H26N4O3. The Morgan fingerprint density at radius 1 is 1.42 bits per heavy atom. The lowest BCUT2D eigenvalue weighted by atomic mass is 9.88. The number of imidazole rings is 1. The maximum Gasteiger partial charge on any atom is 0.251 e. The maximum absolute atomic E-state index is 12.5. The first-order valence-electron chi connectivity index (χ1n) is 9.30. The van der Waals surface area contributed by atoms with E-state index in [4.69, 9.17) is 9.15 Å². The number of carbonyl (C=O) groups is 1. The molecule has 7 heteroatoms. The molecule has 1 N–H and O–H groups in total. The Labute approximate surface area is 153 Å². The van der Waals surface area contributed by atoms with Crippen LogP contribution in [0.4, 0.5) is 0 Å². The molecule has 0 bridgehead atoms. The molecule has 1 saturated heterocycles. The van der Waals surface area contributed by atoms with E-state index in [2.05, 4.69) is 19.8 Å². The molecule has 2 aromatic rings. The molecule has 2 aliphatic rings. The molecule has 1 amide bonds. The molecule has 0 unspecified atom stereocenters. The average molecular weight is 358 g/mol. The van der Waals surface area contributed by atoms with Gasteiger partial charge in [0, 0.05) is 31.5 Å². The summed E-state index contributed by atoms with van der Waals surface area (Å²) in [4.78, 5) is 19.5. The zero-order valence-corrected chi connectivity index (χ0v) is 15.4. The first-order valence-corrected chi connectivity index (χ1v) is 9.30. The molecule has 0 radical (unpaired) electrons. The SMILES string of the molecule is CC(C)NC(=O)[C@H]1Cn2ccnc2C2(CCN(Cc3ccco3)CC2)O1. The minimum Gasteiger partial charge on any atom is -0.468 e. The summed E-state index contributed by atoms with van der Waals surface area (Å²) in [5, 5.41) is 2.98. The van der Waals surface area contributed by atoms with Crippen molar-refractivity contribution in [3.63, 3.8) is 0 Å². The minimum absolute atomic E-state index is 0.0447. The lowest BCUT2D eigenvalue weighted by Gasteiger charge is -2.45. The largest absolute Gasteiger partial charge is 0.468 e. The van der Waals surface area contributed by atoms with Crippen molar-refractivity contribution < 1.29 is 13.9 Å². The van der Waals surface area contributed by atoms with E-state index in [1.165, 1.54) is 0 Å². The predicted octanol–water partition coefficient (Wildman–Crippen LogP) is 1.89. The molecule has 2 aliphatic heterocycles. The van der Waals surface area contributed by atoms with E-state index in [0.29, 0.717) is 6.54 Å². The zero-order valence-electron chi connectivity index (χ0n) is 15.4. The molecular weight excluding hydrogens is 332 g/mol. The Balaban J connectivity index is 1.49. The third kappa shape index (κ3) is 3.29. The van der Waals surface area contributed by atoms with Gasteiger partial charge in [0.2, 0.25) is 0 Å². The highest BCUT2D eigenvalue weighted by Crippen LogP contribution is 2.40. The number of fused-ring (bicyclic) bond motifs is 2. The summed E-state index contributed by atoms with van der Waals surface area (Å²) >= 11 is 0. The highest BCUT2D eigenvalue weighted by Gasteiger charge is 2.47. The summed E-state index contributed by atoms with van der Waals surface area (Å²) in [6, 6.07) is 4.02. The third-order valence-corrected chi connectivity index (χ3v) is 5.20. The van der Waals surface area contributed by atoms with E-state index in [0.717, 1.165) is 44.1 Å². The van der Waals surface area contributed by atoms with E-state index in [9.17, 15) is 4.79 Å². The molecule has 4 rings (SSSR count). The fourth-order valence-electron chi connectivity index (χ4n) is 3.95. The smallest absolute Gasteiger partial charge is 0.251 e. The number of amides is 1. The van der Waals surface area contributed by atoms with Crippen molar-refractivity contribution in [2.75, 3.05) is 13.1 Å². The van der Waals surface area contributed by atoms with Crippen LogP contribution >= 0.6 is 0 Å². The molecule has 0 aliphatic carbocycles. The van der Waals surface area contributed by atoms with Crippen LogP contribution in [0.25, 0.3) is 0 Å². The molecule has 140 valence electrons. The second-order valence-corrected chi connectivity index (χ2v) is 7.52. The van der Waals surface area contributed by atoms with Gasteiger partial charge in [0.15, 0.2) is 6.10 Å². The van der Waals surface area contributed by atoms with Gasteiger partial charge in [-0.1, -0.05) is 0 Å². The summed E-state index contributed by atoms with van der Waals surface area (Å²) in [7, 11) is 0. The van der Waals surface area contributed by atoms with Crippen LogP contribution in [0, 0.1) is 0 Å². The van der Waals surface area contributed by atoms with E-state index in [1.807, 2.05) is 32.2 Å². The van der Waals surface area contributed by atoms with Crippen LogP contribution < -0.4 is 5.32 Å². The molecule has 7 nitrogen and oxygen atoms in total. The summed E-state index contributed by atoms with van der Waals surface area (Å²) < 4.78 is 13.9. The van der Waals surface area contributed by atoms with Crippen molar-refractivity contribution in [3.8, 4) is 0 Å². The number of piperidine rings is 1. The molecule has 26 heavy (non-hydrogen) atoms. The summed E-state index contributed by atoms with van der Waals surface area (Å²) in [6.07, 6.45) is 6.62. The Bertz CT molecular complexity index is 745. The number of nitrogens with one attached hydrogen (secondary N) is 1. The van der Waals surface area contributed by atoms with Crippen molar-refractivity contribution >= 4 is 5.91 Å². The zero-order chi connectivity index (χ0) is 18.1. The van der Waals surface area contributed by atoms with E-state index < -0.39 is 11.7 Å². The van der Waals surface area contributed by atoms with Crippen LogP contribution in [0.2, 0.25) is 0 Å². The number of hydrogen-bond donors (Lipinski definition) is 1. The van der Waals surface area contributed by atoms with Gasteiger partial charge in [-0.05, 0) is 38.8 Å². The van der Waals surface area contributed by atoms with Crippen molar-refractivity contribution in [3.05, 3.63) is 42.4 Å². The van der Waals surface area contributed by atoms with Crippen LogP contribution in [0.5, 0.6) is 0 Å². The van der Waals surface area contributed by atoms with Crippen LogP contribution in [0.15, 0.2) is 35.2 Å². The van der Waals surface area contributed by atoms with Crippen molar-refractivity contribution in [1.29, 1.82) is 0 Å². The topological polar surface area (TPSA) is 72.5 Å². The molecule has 1 fully saturated rings. The molecule has 1 spiro atoms. The van der Waals surface area contributed by atoms with Gasteiger partial charge in [0.1, 0.15) is 17.2 Å². The van der Waals surface area contributed by atoms with Gasteiger partial charge in [0.25, 0.3) is 5.91 Å². The number of aromatic nitrogens is 2. The molecule has 1 atom stereocenters. The molecule has 0 saturated carbocycles. The standard InChI is InChI=1S/C19H26N4O3/c1-14(2)21-17(24)16-13-23-10-7-20-18(23)19(26-16)5-8-22(9-6-19)12-15-4-3-11-25-15/h3-4,7,10-11,14,16H,5-6,8-9,12-13H2,1-2H3,(H,21,24)/t16-/m1/s1. The second-order valence-electron chi connectivity index (χ2n) is 7.52. The summed E-state index contributed by atoms with van der Waals surface area (Å²) in [6.45, 7) is 7.01.